The van der Waals surface area contributed by atoms with Gasteiger partial charge in [0.2, 0.25) is 0 Å². The van der Waals surface area contributed by atoms with Gasteiger partial charge in [-0.05, 0) is 112 Å². The summed E-state index contributed by atoms with van der Waals surface area (Å²) in [5, 5.41) is 11.1. The highest BCUT2D eigenvalue weighted by atomic mass is 16.5. The maximum absolute atomic E-state index is 13.6. The van der Waals surface area contributed by atoms with Crippen molar-refractivity contribution in [2.75, 3.05) is 0 Å². The average molecular weight is 621 g/mol. The molecule has 0 unspecified atom stereocenters. The normalized spacial score (nSPS) is 20.8. The second-order valence-corrected chi connectivity index (χ2v) is 16.1. The van der Waals surface area contributed by atoms with Gasteiger partial charge in [-0.3, -0.25) is 0 Å². The number of piperidine rings is 2. The Morgan fingerprint density at radius 1 is 0.587 bits per heavy atom. The van der Waals surface area contributed by atoms with E-state index in [0.29, 0.717) is 11.1 Å². The van der Waals surface area contributed by atoms with E-state index in [0.717, 1.165) is 58.4 Å². The molecule has 0 saturated carbocycles. The summed E-state index contributed by atoms with van der Waals surface area (Å²) in [6, 6.07) is 23.9. The largest absolute Gasteiger partial charge is 0.459 e. The number of carbonyl (C=O) groups excluding carboxylic acids is 2. The summed E-state index contributed by atoms with van der Waals surface area (Å²) in [6.07, 6.45) is 2.70. The molecule has 4 aromatic carbocycles. The molecule has 2 heterocycles. The van der Waals surface area contributed by atoms with Crippen molar-refractivity contribution >= 4 is 33.5 Å². The van der Waals surface area contributed by atoms with Crippen molar-refractivity contribution in [2.24, 2.45) is 0 Å². The first-order valence-electron chi connectivity index (χ1n) is 16.5. The number of nitrogens with one attached hydrogen (secondary N) is 2. The Morgan fingerprint density at radius 2 is 1.11 bits per heavy atom. The Labute approximate surface area is 273 Å². The van der Waals surface area contributed by atoms with Crippen LogP contribution in [0.15, 0.2) is 72.8 Å². The minimum absolute atomic E-state index is 0.120. The lowest BCUT2D eigenvalue weighted by molar-refractivity contribution is -0.00756. The smallest absolute Gasteiger partial charge is 0.339 e. The molecule has 0 spiro atoms. The van der Waals surface area contributed by atoms with Gasteiger partial charge in [-0.15, -0.1) is 0 Å². The van der Waals surface area contributed by atoms with E-state index >= 15 is 0 Å². The topological polar surface area (TPSA) is 76.7 Å². The molecule has 6 nitrogen and oxygen atoms in total. The molecule has 0 aromatic heterocycles. The van der Waals surface area contributed by atoms with E-state index in [9.17, 15) is 9.59 Å². The van der Waals surface area contributed by atoms with Gasteiger partial charge in [-0.2, -0.15) is 0 Å². The number of esters is 2. The van der Waals surface area contributed by atoms with Crippen LogP contribution >= 0.6 is 0 Å². The highest BCUT2D eigenvalue weighted by Crippen LogP contribution is 2.36. The zero-order valence-corrected chi connectivity index (χ0v) is 28.5. The molecular weight excluding hydrogens is 572 g/mol. The Kier molecular flexibility index (Phi) is 8.05. The second-order valence-electron chi connectivity index (χ2n) is 16.1. The molecule has 0 aliphatic carbocycles. The van der Waals surface area contributed by atoms with Crippen molar-refractivity contribution in [3.05, 3.63) is 83.9 Å². The van der Waals surface area contributed by atoms with E-state index in [4.69, 9.17) is 9.47 Å². The van der Waals surface area contributed by atoms with Gasteiger partial charge in [0.05, 0.1) is 11.1 Å². The SMILES string of the molecule is CC1(C)CC(OC(=O)c2cc(-c3ccc4c(C(=O)OC5CC(C)(C)NC(C)(C)C5)cccc4c3)c3ccccc3c2)CC(C)(C)N1. The number of carbonyl (C=O) groups is 2. The third kappa shape index (κ3) is 6.98. The fraction of sp³-hybridized carbons (Fsp3) is 0.450. The number of hydrogen-bond donors (Lipinski definition) is 2. The molecular formula is C40H48N2O4. The summed E-state index contributed by atoms with van der Waals surface area (Å²) in [6.45, 7) is 17.2. The standard InChI is InChI=1S/C40H48N2O4/c1-37(2)21-29(22-38(3,4)41-37)45-35(43)28-19-25-12-9-10-14-31(25)34(20-28)27-16-17-32-26(18-27)13-11-15-33(32)36(44)46-30-23-39(5,6)42-40(7,8)24-30/h9-20,29-30,41-42H,21-24H2,1-8H3. The summed E-state index contributed by atoms with van der Waals surface area (Å²) < 4.78 is 12.3. The molecule has 242 valence electrons. The first-order valence-corrected chi connectivity index (χ1v) is 16.5. The lowest BCUT2D eigenvalue weighted by Gasteiger charge is -2.45. The summed E-state index contributed by atoms with van der Waals surface area (Å²) in [5.41, 5.74) is 2.52. The molecule has 2 N–H and O–H groups in total. The third-order valence-corrected chi connectivity index (χ3v) is 9.36. The highest BCUT2D eigenvalue weighted by molar-refractivity contribution is 6.08. The third-order valence-electron chi connectivity index (χ3n) is 9.36. The van der Waals surface area contributed by atoms with E-state index in [1.54, 1.807) is 0 Å². The average Bonchev–Trinajstić information content (AvgIpc) is 2.92. The van der Waals surface area contributed by atoms with Gasteiger partial charge in [-0.1, -0.05) is 48.5 Å². The van der Waals surface area contributed by atoms with Crippen LogP contribution in [0.5, 0.6) is 0 Å². The molecule has 2 fully saturated rings. The van der Waals surface area contributed by atoms with Crippen LogP contribution in [-0.2, 0) is 9.47 Å². The van der Waals surface area contributed by atoms with Crippen molar-refractivity contribution in [1.82, 2.24) is 10.6 Å². The molecule has 0 radical (unpaired) electrons. The van der Waals surface area contributed by atoms with Crippen LogP contribution < -0.4 is 10.6 Å². The van der Waals surface area contributed by atoms with Gasteiger partial charge in [0.1, 0.15) is 12.2 Å². The van der Waals surface area contributed by atoms with Crippen molar-refractivity contribution in [3.8, 4) is 11.1 Å². The van der Waals surface area contributed by atoms with Crippen molar-refractivity contribution in [2.45, 2.75) is 115 Å². The predicted octanol–water partition coefficient (Wildman–Crippen LogP) is 8.59. The number of fused-ring (bicyclic) bond motifs is 2. The summed E-state index contributed by atoms with van der Waals surface area (Å²) in [7, 11) is 0. The maximum Gasteiger partial charge on any atom is 0.339 e. The zero-order valence-electron chi connectivity index (χ0n) is 28.5. The molecule has 0 bridgehead atoms. The van der Waals surface area contributed by atoms with Gasteiger partial charge < -0.3 is 20.1 Å². The van der Waals surface area contributed by atoms with E-state index < -0.39 is 0 Å². The predicted molar refractivity (Wildman–Crippen MR) is 186 cm³/mol. The lowest BCUT2D eigenvalue weighted by atomic mass is 9.81. The minimum Gasteiger partial charge on any atom is -0.459 e. The summed E-state index contributed by atoms with van der Waals surface area (Å²) >= 11 is 0. The first kappa shape index (κ1) is 32.2. The molecule has 0 atom stereocenters. The van der Waals surface area contributed by atoms with Crippen LogP contribution in [0.2, 0.25) is 0 Å². The fourth-order valence-electron chi connectivity index (χ4n) is 8.35. The molecule has 6 heteroatoms. The van der Waals surface area contributed by atoms with E-state index in [-0.39, 0.29) is 46.3 Å². The molecule has 2 saturated heterocycles. The molecule has 0 amide bonds. The van der Waals surface area contributed by atoms with Crippen molar-refractivity contribution < 1.29 is 19.1 Å². The van der Waals surface area contributed by atoms with Gasteiger partial charge in [0, 0.05) is 47.8 Å². The van der Waals surface area contributed by atoms with Crippen LogP contribution in [0.4, 0.5) is 0 Å². The van der Waals surface area contributed by atoms with Gasteiger partial charge >= 0.3 is 11.9 Å². The first-order chi connectivity index (χ1) is 21.5. The number of ether oxygens (including phenoxy) is 2. The Balaban J connectivity index is 1.31. The number of benzene rings is 4. The van der Waals surface area contributed by atoms with Crippen LogP contribution in [-0.4, -0.2) is 46.3 Å². The number of rotatable bonds is 5. The molecule has 2 aliphatic rings. The molecule has 2 aliphatic heterocycles. The monoisotopic (exact) mass is 620 g/mol. The fourth-order valence-corrected chi connectivity index (χ4v) is 8.35. The summed E-state index contributed by atoms with van der Waals surface area (Å²) in [4.78, 5) is 27.2. The van der Waals surface area contributed by atoms with Gasteiger partial charge in [0.15, 0.2) is 0 Å². The quantitative estimate of drug-likeness (QED) is 0.218. The second kappa shape index (κ2) is 11.5. The van der Waals surface area contributed by atoms with E-state index in [1.165, 1.54) is 0 Å². The number of hydrogen-bond acceptors (Lipinski definition) is 6. The van der Waals surface area contributed by atoms with Gasteiger partial charge in [-0.25, -0.2) is 9.59 Å². The molecule has 6 rings (SSSR count). The Hall–Kier alpha value is -3.74. The maximum atomic E-state index is 13.6. The molecule has 46 heavy (non-hydrogen) atoms. The Morgan fingerprint density at radius 3 is 1.72 bits per heavy atom. The summed E-state index contributed by atoms with van der Waals surface area (Å²) in [5.74, 6) is -0.600. The lowest BCUT2D eigenvalue weighted by Crippen LogP contribution is -2.59. The minimum atomic E-state index is -0.305. The van der Waals surface area contributed by atoms with Crippen LogP contribution in [0.1, 0.15) is 102 Å². The van der Waals surface area contributed by atoms with Crippen molar-refractivity contribution in [1.29, 1.82) is 0 Å². The van der Waals surface area contributed by atoms with E-state index in [1.807, 2.05) is 60.7 Å². The zero-order chi connectivity index (χ0) is 33.1. The van der Waals surface area contributed by atoms with Gasteiger partial charge in [0.25, 0.3) is 0 Å². The molecule has 4 aromatic rings. The highest BCUT2D eigenvalue weighted by Gasteiger charge is 2.40. The van der Waals surface area contributed by atoms with Crippen LogP contribution in [0.3, 0.4) is 0 Å². The van der Waals surface area contributed by atoms with E-state index in [2.05, 4.69) is 78.2 Å². The van der Waals surface area contributed by atoms with Crippen LogP contribution in [0.25, 0.3) is 32.7 Å². The van der Waals surface area contributed by atoms with Crippen LogP contribution in [0, 0.1) is 0 Å². The Bertz CT molecular complexity index is 1790. The van der Waals surface area contributed by atoms with Crippen molar-refractivity contribution in [3.63, 3.8) is 0 Å².